The molecule has 5 unspecified atom stereocenters. The van der Waals surface area contributed by atoms with Crippen molar-refractivity contribution < 1.29 is 29.3 Å². The predicted molar refractivity (Wildman–Crippen MR) is 128 cm³/mol. The molecule has 2 saturated carbocycles. The van der Waals surface area contributed by atoms with E-state index in [9.17, 15) is 24.6 Å². The van der Waals surface area contributed by atoms with Crippen LogP contribution in [0, 0.1) is 17.8 Å². The van der Waals surface area contributed by atoms with Crippen molar-refractivity contribution in [3.05, 3.63) is 59.7 Å². The lowest BCUT2D eigenvalue weighted by atomic mass is 9.83. The summed E-state index contributed by atoms with van der Waals surface area (Å²) in [5, 5.41) is 24.3. The van der Waals surface area contributed by atoms with Crippen molar-refractivity contribution in [2.45, 2.75) is 43.7 Å². The molecule has 0 saturated heterocycles. The Labute approximate surface area is 203 Å². The standard InChI is InChI=1S/C27H30N2O6/c1-27(14-30,25(32)33)29-24(31)22-15-10-11-16(12-15)23(22)28-26(34)35-13-21-19-8-4-2-6-17(19)18-7-3-5-9-20(18)21/h2-9,15-16,21-23,30H,10-14H2,1H3,(H,28,34)(H,29,31)(H,32,33). The van der Waals surface area contributed by atoms with Gasteiger partial charge in [-0.1, -0.05) is 48.5 Å². The van der Waals surface area contributed by atoms with Gasteiger partial charge in [0.05, 0.1) is 12.5 Å². The highest BCUT2D eigenvalue weighted by Crippen LogP contribution is 2.49. The van der Waals surface area contributed by atoms with Crippen molar-refractivity contribution in [2.24, 2.45) is 17.8 Å². The normalized spacial score (nSPS) is 25.9. The van der Waals surface area contributed by atoms with Gasteiger partial charge in [-0.2, -0.15) is 0 Å². The number of amides is 2. The van der Waals surface area contributed by atoms with E-state index in [1.165, 1.54) is 6.92 Å². The van der Waals surface area contributed by atoms with E-state index in [1.54, 1.807) is 0 Å². The molecule has 2 amide bonds. The Bertz CT molecular complexity index is 1120. The molecule has 5 atom stereocenters. The summed E-state index contributed by atoms with van der Waals surface area (Å²) in [5.41, 5.74) is 2.76. The van der Waals surface area contributed by atoms with Crippen molar-refractivity contribution in [3.63, 3.8) is 0 Å². The first-order valence-electron chi connectivity index (χ1n) is 12.1. The van der Waals surface area contributed by atoms with Crippen LogP contribution in [0.1, 0.15) is 43.2 Å². The molecular formula is C27H30N2O6. The van der Waals surface area contributed by atoms with E-state index in [1.807, 2.05) is 24.3 Å². The molecule has 2 aromatic carbocycles. The quantitative estimate of drug-likeness (QED) is 0.485. The first-order valence-corrected chi connectivity index (χ1v) is 12.1. The van der Waals surface area contributed by atoms with Crippen LogP contribution < -0.4 is 10.6 Å². The zero-order chi connectivity index (χ0) is 24.7. The number of aliphatic hydroxyl groups excluding tert-OH is 1. The molecule has 3 aliphatic rings. The van der Waals surface area contributed by atoms with Crippen molar-refractivity contribution >= 4 is 18.0 Å². The van der Waals surface area contributed by atoms with Crippen LogP contribution in [-0.4, -0.2) is 53.0 Å². The van der Waals surface area contributed by atoms with E-state index >= 15 is 0 Å². The minimum absolute atomic E-state index is 0.0619. The fraction of sp³-hybridized carbons (Fsp3) is 0.444. The zero-order valence-electron chi connectivity index (χ0n) is 19.6. The second-order valence-electron chi connectivity index (χ2n) is 10.1. The summed E-state index contributed by atoms with van der Waals surface area (Å²) in [6, 6.07) is 15.8. The molecule has 35 heavy (non-hydrogen) atoms. The third-order valence-corrected chi connectivity index (χ3v) is 8.03. The van der Waals surface area contributed by atoms with Gasteiger partial charge in [-0.15, -0.1) is 0 Å². The van der Waals surface area contributed by atoms with Gasteiger partial charge in [0, 0.05) is 12.0 Å². The van der Waals surface area contributed by atoms with E-state index < -0.39 is 42.1 Å². The number of aliphatic carboxylic acids is 1. The third kappa shape index (κ3) is 4.05. The van der Waals surface area contributed by atoms with E-state index in [0.29, 0.717) is 0 Å². The second kappa shape index (κ2) is 9.00. The van der Waals surface area contributed by atoms with Crippen LogP contribution in [0.25, 0.3) is 11.1 Å². The van der Waals surface area contributed by atoms with Crippen molar-refractivity contribution in [2.75, 3.05) is 13.2 Å². The second-order valence-corrected chi connectivity index (χ2v) is 10.1. The molecule has 0 heterocycles. The highest BCUT2D eigenvalue weighted by molar-refractivity contribution is 5.89. The van der Waals surface area contributed by atoms with Gasteiger partial charge >= 0.3 is 12.1 Å². The summed E-state index contributed by atoms with van der Waals surface area (Å²) in [4.78, 5) is 37.5. The lowest BCUT2D eigenvalue weighted by molar-refractivity contribution is -0.149. The topological polar surface area (TPSA) is 125 Å². The van der Waals surface area contributed by atoms with Crippen LogP contribution in [0.3, 0.4) is 0 Å². The third-order valence-electron chi connectivity index (χ3n) is 8.03. The van der Waals surface area contributed by atoms with Crippen LogP contribution in [-0.2, 0) is 14.3 Å². The Kier molecular flexibility index (Phi) is 6.01. The number of alkyl carbamates (subject to hydrolysis) is 1. The summed E-state index contributed by atoms with van der Waals surface area (Å²) >= 11 is 0. The number of rotatable bonds is 7. The number of hydrogen-bond acceptors (Lipinski definition) is 5. The molecule has 8 heteroatoms. The van der Waals surface area contributed by atoms with Gasteiger partial charge in [-0.3, -0.25) is 4.79 Å². The van der Waals surface area contributed by atoms with Crippen LogP contribution in [0.5, 0.6) is 0 Å². The molecule has 0 spiro atoms. The Balaban J connectivity index is 1.27. The van der Waals surface area contributed by atoms with Gasteiger partial charge in [0.25, 0.3) is 0 Å². The van der Waals surface area contributed by atoms with E-state index in [0.717, 1.165) is 41.5 Å². The summed E-state index contributed by atoms with van der Waals surface area (Å²) in [5.74, 6) is -2.18. The number of carboxylic acids is 1. The Morgan fingerprint density at radius 1 is 1.00 bits per heavy atom. The maximum Gasteiger partial charge on any atom is 0.407 e. The van der Waals surface area contributed by atoms with E-state index in [-0.39, 0.29) is 24.4 Å². The minimum atomic E-state index is -1.77. The monoisotopic (exact) mass is 478 g/mol. The van der Waals surface area contributed by atoms with Crippen LogP contribution in [0.15, 0.2) is 48.5 Å². The lowest BCUT2D eigenvalue weighted by Crippen LogP contribution is -2.59. The Morgan fingerprint density at radius 3 is 2.20 bits per heavy atom. The maximum absolute atomic E-state index is 13.1. The highest BCUT2D eigenvalue weighted by atomic mass is 16.5. The van der Waals surface area contributed by atoms with Crippen LogP contribution in [0.2, 0.25) is 0 Å². The fourth-order valence-corrected chi connectivity index (χ4v) is 6.17. The molecule has 0 aromatic heterocycles. The minimum Gasteiger partial charge on any atom is -0.479 e. The van der Waals surface area contributed by atoms with Gasteiger partial charge in [0.1, 0.15) is 6.61 Å². The molecule has 3 aliphatic carbocycles. The number of carbonyl (C=O) groups is 3. The SMILES string of the molecule is CC(CO)(NC(=O)C1C2CCC(C2)C1NC(=O)OCC1c2ccccc2-c2ccccc21)C(=O)O. The summed E-state index contributed by atoms with van der Waals surface area (Å²) < 4.78 is 5.68. The molecular weight excluding hydrogens is 448 g/mol. The molecule has 2 fully saturated rings. The summed E-state index contributed by atoms with van der Waals surface area (Å²) in [7, 11) is 0. The van der Waals surface area contributed by atoms with Gasteiger partial charge in [0.2, 0.25) is 5.91 Å². The first kappa shape index (κ1) is 23.4. The van der Waals surface area contributed by atoms with E-state index in [2.05, 4.69) is 34.9 Å². The maximum atomic E-state index is 13.1. The van der Waals surface area contributed by atoms with Crippen LogP contribution in [0.4, 0.5) is 4.79 Å². The van der Waals surface area contributed by atoms with Crippen molar-refractivity contribution in [1.29, 1.82) is 0 Å². The summed E-state index contributed by atoms with van der Waals surface area (Å²) in [6.07, 6.45) is 1.98. The van der Waals surface area contributed by atoms with Gasteiger partial charge in [0.15, 0.2) is 5.54 Å². The van der Waals surface area contributed by atoms with Gasteiger partial charge < -0.3 is 25.6 Å². The summed E-state index contributed by atoms with van der Waals surface area (Å²) in [6.45, 7) is 0.729. The number of aliphatic hydroxyl groups is 1. The average molecular weight is 479 g/mol. The molecule has 2 bridgehead atoms. The number of benzene rings is 2. The van der Waals surface area contributed by atoms with Crippen molar-refractivity contribution in [3.8, 4) is 11.1 Å². The van der Waals surface area contributed by atoms with Gasteiger partial charge in [-0.05, 0) is 60.3 Å². The molecule has 2 aromatic rings. The highest BCUT2D eigenvalue weighted by Gasteiger charge is 2.53. The number of carbonyl (C=O) groups excluding carboxylic acids is 2. The molecule has 184 valence electrons. The zero-order valence-corrected chi connectivity index (χ0v) is 19.6. The number of hydrogen-bond donors (Lipinski definition) is 4. The molecule has 4 N–H and O–H groups in total. The number of nitrogens with one attached hydrogen (secondary N) is 2. The smallest absolute Gasteiger partial charge is 0.407 e. The molecule has 0 radical (unpaired) electrons. The Morgan fingerprint density at radius 2 is 1.60 bits per heavy atom. The van der Waals surface area contributed by atoms with E-state index in [4.69, 9.17) is 4.74 Å². The fourth-order valence-electron chi connectivity index (χ4n) is 6.17. The number of fused-ring (bicyclic) bond motifs is 5. The Hall–Kier alpha value is -3.39. The van der Waals surface area contributed by atoms with Gasteiger partial charge in [-0.25, -0.2) is 9.59 Å². The first-order chi connectivity index (χ1) is 16.8. The van der Waals surface area contributed by atoms with Crippen LogP contribution >= 0.6 is 0 Å². The van der Waals surface area contributed by atoms with Crippen molar-refractivity contribution in [1.82, 2.24) is 10.6 Å². The number of ether oxygens (including phenoxy) is 1. The largest absolute Gasteiger partial charge is 0.479 e. The molecule has 8 nitrogen and oxygen atoms in total. The molecule has 5 rings (SSSR count). The predicted octanol–water partition coefficient (Wildman–Crippen LogP) is 2.89. The number of carboxylic acid groups (broad SMARTS) is 1. The average Bonchev–Trinajstić information content (AvgIpc) is 3.54. The molecule has 0 aliphatic heterocycles. The lowest BCUT2D eigenvalue weighted by Gasteiger charge is -2.33.